The van der Waals surface area contributed by atoms with Crippen LogP contribution in [0.15, 0.2) is 47.4 Å². The monoisotopic (exact) mass is 359 g/mol. The normalized spacial score (nSPS) is 12.9. The van der Waals surface area contributed by atoms with Crippen molar-refractivity contribution in [1.29, 1.82) is 0 Å². The first-order valence-electron chi connectivity index (χ1n) is 6.45. The lowest BCUT2D eigenvalue weighted by molar-refractivity contribution is 0.414. The maximum atomic E-state index is 12.4. The van der Waals surface area contributed by atoms with E-state index in [0.717, 1.165) is 5.56 Å². The van der Waals surface area contributed by atoms with Crippen LogP contribution in [-0.2, 0) is 10.0 Å². The van der Waals surface area contributed by atoms with Crippen LogP contribution in [0.25, 0.3) is 0 Å². The van der Waals surface area contributed by atoms with Crippen LogP contribution < -0.4 is 9.46 Å². The van der Waals surface area contributed by atoms with Crippen molar-refractivity contribution in [3.8, 4) is 5.75 Å². The number of hydrogen-bond donors (Lipinski definition) is 1. The van der Waals surface area contributed by atoms with Crippen molar-refractivity contribution in [1.82, 2.24) is 4.72 Å². The summed E-state index contributed by atoms with van der Waals surface area (Å²) in [7, 11) is -2.23. The Hall–Kier alpha value is -1.27. The van der Waals surface area contributed by atoms with Gasteiger partial charge in [0, 0.05) is 11.1 Å². The standard InChI is InChI=1S/C15H15Cl2NO3S/c1-10(11-4-3-5-12(16)8-11)18-22(19,20)13-6-7-15(21-2)14(17)9-13/h3-10,18H,1-2H3. The van der Waals surface area contributed by atoms with E-state index in [2.05, 4.69) is 4.72 Å². The van der Waals surface area contributed by atoms with Crippen molar-refractivity contribution in [2.24, 2.45) is 0 Å². The van der Waals surface area contributed by atoms with E-state index >= 15 is 0 Å². The number of benzene rings is 2. The van der Waals surface area contributed by atoms with E-state index in [4.69, 9.17) is 27.9 Å². The van der Waals surface area contributed by atoms with Crippen LogP contribution in [0.4, 0.5) is 0 Å². The minimum atomic E-state index is -3.70. The second-order valence-corrected chi connectivity index (χ2v) is 7.25. The molecule has 1 atom stereocenters. The Bertz CT molecular complexity index is 778. The van der Waals surface area contributed by atoms with Gasteiger partial charge < -0.3 is 4.74 Å². The summed E-state index contributed by atoms with van der Waals surface area (Å²) in [5.74, 6) is 0.420. The van der Waals surface area contributed by atoms with Crippen molar-refractivity contribution in [3.05, 3.63) is 58.1 Å². The lowest BCUT2D eigenvalue weighted by Gasteiger charge is -2.15. The van der Waals surface area contributed by atoms with Crippen molar-refractivity contribution in [3.63, 3.8) is 0 Å². The quantitative estimate of drug-likeness (QED) is 0.876. The highest BCUT2D eigenvalue weighted by Crippen LogP contribution is 2.27. The molecule has 2 aromatic rings. The van der Waals surface area contributed by atoms with Crippen molar-refractivity contribution in [2.75, 3.05) is 7.11 Å². The zero-order chi connectivity index (χ0) is 16.3. The number of sulfonamides is 1. The van der Waals surface area contributed by atoms with E-state index in [9.17, 15) is 8.42 Å². The van der Waals surface area contributed by atoms with Crippen LogP contribution in [-0.4, -0.2) is 15.5 Å². The van der Waals surface area contributed by atoms with Gasteiger partial charge in [-0.1, -0.05) is 35.3 Å². The molecule has 22 heavy (non-hydrogen) atoms. The molecule has 0 saturated heterocycles. The highest BCUT2D eigenvalue weighted by molar-refractivity contribution is 7.89. The zero-order valence-electron chi connectivity index (χ0n) is 12.0. The molecule has 2 rings (SSSR count). The molecule has 0 spiro atoms. The fraction of sp³-hybridized carbons (Fsp3) is 0.200. The third kappa shape index (κ3) is 3.93. The van der Waals surface area contributed by atoms with Gasteiger partial charge in [-0.05, 0) is 42.8 Å². The Morgan fingerprint density at radius 3 is 2.45 bits per heavy atom. The Morgan fingerprint density at radius 1 is 1.14 bits per heavy atom. The summed E-state index contributed by atoms with van der Waals surface area (Å²) in [6.45, 7) is 1.74. The topological polar surface area (TPSA) is 55.4 Å². The fourth-order valence-electron chi connectivity index (χ4n) is 1.96. The summed E-state index contributed by atoms with van der Waals surface area (Å²) in [5, 5.41) is 0.789. The number of ether oxygens (including phenoxy) is 1. The van der Waals surface area contributed by atoms with E-state index in [-0.39, 0.29) is 9.92 Å². The molecule has 1 N–H and O–H groups in total. The van der Waals surface area contributed by atoms with Gasteiger partial charge in [0.05, 0.1) is 17.0 Å². The Labute approximate surface area is 140 Å². The number of halogens is 2. The average Bonchev–Trinajstić information content (AvgIpc) is 2.46. The lowest BCUT2D eigenvalue weighted by Crippen LogP contribution is -2.26. The summed E-state index contributed by atoms with van der Waals surface area (Å²) in [6, 6.07) is 10.9. The van der Waals surface area contributed by atoms with Gasteiger partial charge in [0.2, 0.25) is 10.0 Å². The number of hydrogen-bond acceptors (Lipinski definition) is 3. The second kappa shape index (κ2) is 6.87. The molecular weight excluding hydrogens is 345 g/mol. The van der Waals surface area contributed by atoms with Gasteiger partial charge >= 0.3 is 0 Å². The molecule has 0 saturated carbocycles. The minimum Gasteiger partial charge on any atom is -0.495 e. The first-order valence-corrected chi connectivity index (χ1v) is 8.69. The minimum absolute atomic E-state index is 0.0761. The van der Waals surface area contributed by atoms with Gasteiger partial charge in [-0.3, -0.25) is 0 Å². The second-order valence-electron chi connectivity index (χ2n) is 4.69. The molecule has 0 aromatic heterocycles. The van der Waals surface area contributed by atoms with Gasteiger partial charge in [-0.15, -0.1) is 0 Å². The van der Waals surface area contributed by atoms with Crippen LogP contribution in [0.1, 0.15) is 18.5 Å². The van der Waals surface area contributed by atoms with Gasteiger partial charge in [0.25, 0.3) is 0 Å². The molecule has 118 valence electrons. The predicted octanol–water partition coefficient (Wildman–Crippen LogP) is 4.04. The maximum Gasteiger partial charge on any atom is 0.241 e. The molecule has 0 heterocycles. The lowest BCUT2D eigenvalue weighted by atomic mass is 10.1. The van der Waals surface area contributed by atoms with E-state index in [1.165, 1.54) is 25.3 Å². The van der Waals surface area contributed by atoms with Gasteiger partial charge in [0.15, 0.2) is 0 Å². The van der Waals surface area contributed by atoms with Crippen molar-refractivity contribution in [2.45, 2.75) is 17.9 Å². The molecule has 4 nitrogen and oxygen atoms in total. The molecule has 2 aromatic carbocycles. The molecule has 0 aliphatic heterocycles. The van der Waals surface area contributed by atoms with Crippen LogP contribution >= 0.6 is 23.2 Å². The summed E-state index contributed by atoms with van der Waals surface area (Å²) in [5.41, 5.74) is 0.774. The molecule has 0 fully saturated rings. The van der Waals surface area contributed by atoms with Gasteiger partial charge in [0.1, 0.15) is 5.75 Å². The average molecular weight is 360 g/mol. The first-order chi connectivity index (χ1) is 10.3. The molecule has 1 unspecified atom stereocenters. The maximum absolute atomic E-state index is 12.4. The van der Waals surface area contributed by atoms with E-state index in [1.54, 1.807) is 31.2 Å². The van der Waals surface area contributed by atoms with Crippen LogP contribution in [0, 0.1) is 0 Å². The third-order valence-corrected chi connectivity index (χ3v) is 5.18. The van der Waals surface area contributed by atoms with E-state index in [0.29, 0.717) is 10.8 Å². The summed E-state index contributed by atoms with van der Waals surface area (Å²) < 4.78 is 32.4. The number of nitrogens with one attached hydrogen (secondary N) is 1. The smallest absolute Gasteiger partial charge is 0.241 e. The van der Waals surface area contributed by atoms with Crippen LogP contribution in [0.3, 0.4) is 0 Å². The first kappa shape index (κ1) is 17.1. The molecule has 0 bridgehead atoms. The molecule has 0 amide bonds. The number of methoxy groups -OCH3 is 1. The molecular formula is C15H15Cl2NO3S. The summed E-state index contributed by atoms with van der Waals surface area (Å²) in [4.78, 5) is 0.0761. The molecule has 0 aliphatic rings. The Balaban J connectivity index is 2.25. The summed E-state index contributed by atoms with van der Waals surface area (Å²) >= 11 is 11.9. The SMILES string of the molecule is COc1ccc(S(=O)(=O)NC(C)c2cccc(Cl)c2)cc1Cl. The Kier molecular flexibility index (Phi) is 5.34. The molecule has 7 heteroatoms. The van der Waals surface area contributed by atoms with Crippen molar-refractivity contribution < 1.29 is 13.2 Å². The number of rotatable bonds is 5. The van der Waals surface area contributed by atoms with Gasteiger partial charge in [-0.2, -0.15) is 0 Å². The van der Waals surface area contributed by atoms with E-state index < -0.39 is 16.1 Å². The van der Waals surface area contributed by atoms with Crippen LogP contribution in [0.2, 0.25) is 10.0 Å². The van der Waals surface area contributed by atoms with Crippen LogP contribution in [0.5, 0.6) is 5.75 Å². The highest BCUT2D eigenvalue weighted by Gasteiger charge is 2.19. The zero-order valence-corrected chi connectivity index (χ0v) is 14.3. The molecule has 0 aliphatic carbocycles. The largest absolute Gasteiger partial charge is 0.495 e. The Morgan fingerprint density at radius 2 is 1.86 bits per heavy atom. The predicted molar refractivity (Wildman–Crippen MR) is 88.2 cm³/mol. The third-order valence-electron chi connectivity index (χ3n) is 3.11. The summed E-state index contributed by atoms with van der Waals surface area (Å²) in [6.07, 6.45) is 0. The van der Waals surface area contributed by atoms with Crippen molar-refractivity contribution >= 4 is 33.2 Å². The highest BCUT2D eigenvalue weighted by atomic mass is 35.5. The van der Waals surface area contributed by atoms with Gasteiger partial charge in [-0.25, -0.2) is 13.1 Å². The van der Waals surface area contributed by atoms with E-state index in [1.807, 2.05) is 0 Å². The molecule has 0 radical (unpaired) electrons. The fourth-order valence-corrected chi connectivity index (χ4v) is 3.74.